The maximum Gasteiger partial charge on any atom is 0.409 e. The lowest BCUT2D eigenvalue weighted by Crippen LogP contribution is -2.16. The number of nitriles is 1. The molecule has 10 heteroatoms. The van der Waals surface area contributed by atoms with Crippen molar-refractivity contribution < 1.29 is 13.9 Å². The van der Waals surface area contributed by atoms with Gasteiger partial charge in [-0.1, -0.05) is 0 Å². The lowest BCUT2D eigenvalue weighted by atomic mass is 10.2. The van der Waals surface area contributed by atoms with E-state index in [1.54, 1.807) is 6.07 Å². The average molecular weight is 367 g/mol. The van der Waals surface area contributed by atoms with Gasteiger partial charge >= 0.3 is 6.09 Å². The van der Waals surface area contributed by atoms with Crippen molar-refractivity contribution in [1.29, 1.82) is 5.26 Å². The van der Waals surface area contributed by atoms with Crippen molar-refractivity contribution in [2.24, 2.45) is 5.73 Å². The Morgan fingerprint density at radius 3 is 2.89 bits per heavy atom. The summed E-state index contributed by atoms with van der Waals surface area (Å²) in [5.41, 5.74) is 6.46. The number of benzene rings is 1. The van der Waals surface area contributed by atoms with Gasteiger partial charge in [-0.3, -0.25) is 0 Å². The fourth-order valence-corrected chi connectivity index (χ4v) is 2.58. The zero-order valence-corrected chi connectivity index (χ0v) is 13.9. The number of amides is 1. The second kappa shape index (κ2) is 6.45. The van der Waals surface area contributed by atoms with E-state index in [1.807, 2.05) is 6.07 Å². The maximum atomic E-state index is 14.2. The number of ether oxygens (including phenoxy) is 1. The van der Waals surface area contributed by atoms with E-state index in [2.05, 4.69) is 20.7 Å². The van der Waals surface area contributed by atoms with Crippen LogP contribution in [-0.2, 0) is 0 Å². The highest BCUT2D eigenvalue weighted by molar-refractivity contribution is 5.74. The van der Waals surface area contributed by atoms with Gasteiger partial charge in [-0.25, -0.2) is 14.2 Å². The number of nitrogens with two attached hydrogens (primary N) is 1. The molecule has 2 heterocycles. The van der Waals surface area contributed by atoms with Crippen LogP contribution in [0.3, 0.4) is 0 Å². The molecule has 1 amide bonds. The summed E-state index contributed by atoms with van der Waals surface area (Å²) in [5.74, 6) is -0.198. The molecule has 4 rings (SSSR count). The minimum absolute atomic E-state index is 0.0385. The highest BCUT2D eigenvalue weighted by Crippen LogP contribution is 2.30. The topological polar surface area (TPSA) is 130 Å². The number of rotatable bonds is 5. The Labute approximate surface area is 152 Å². The second-order valence-corrected chi connectivity index (χ2v) is 6.04. The maximum absolute atomic E-state index is 14.2. The Morgan fingerprint density at radius 2 is 2.19 bits per heavy atom. The average Bonchev–Trinajstić information content (AvgIpc) is 3.34. The minimum Gasteiger partial charge on any atom is -0.410 e. The van der Waals surface area contributed by atoms with Gasteiger partial charge in [0.05, 0.1) is 17.6 Å². The number of carbonyl (C=O) groups is 1. The fraction of sp³-hybridized carbons (Fsp3) is 0.176. The number of hydrogen-bond donors (Lipinski definition) is 3. The van der Waals surface area contributed by atoms with Gasteiger partial charge in [0, 0.05) is 18.2 Å². The Morgan fingerprint density at radius 1 is 1.37 bits per heavy atom. The van der Waals surface area contributed by atoms with Crippen molar-refractivity contribution in [3.8, 4) is 11.8 Å². The van der Waals surface area contributed by atoms with E-state index < -0.39 is 11.9 Å². The number of fused-ring (bicyclic) bond motifs is 1. The predicted molar refractivity (Wildman–Crippen MR) is 94.2 cm³/mol. The highest BCUT2D eigenvalue weighted by atomic mass is 19.1. The molecule has 1 fully saturated rings. The summed E-state index contributed by atoms with van der Waals surface area (Å²) in [6, 6.07) is 7.76. The molecular weight excluding hydrogens is 353 g/mol. The number of carbonyl (C=O) groups excluding carboxylic acids is 1. The summed E-state index contributed by atoms with van der Waals surface area (Å²) in [6.45, 7) is 0. The van der Waals surface area contributed by atoms with Crippen LogP contribution in [0.2, 0.25) is 0 Å². The number of imidazole rings is 1. The van der Waals surface area contributed by atoms with E-state index in [-0.39, 0.29) is 22.9 Å². The Hall–Kier alpha value is -3.87. The van der Waals surface area contributed by atoms with Crippen molar-refractivity contribution in [2.45, 2.75) is 18.9 Å². The Bertz CT molecular complexity index is 1080. The summed E-state index contributed by atoms with van der Waals surface area (Å²) in [6.07, 6.45) is 2.51. The van der Waals surface area contributed by atoms with Crippen molar-refractivity contribution >= 4 is 28.9 Å². The summed E-state index contributed by atoms with van der Waals surface area (Å²) in [7, 11) is 0. The van der Waals surface area contributed by atoms with Crippen LogP contribution in [0.1, 0.15) is 18.5 Å². The first kappa shape index (κ1) is 16.6. The van der Waals surface area contributed by atoms with E-state index in [4.69, 9.17) is 10.5 Å². The molecule has 1 aromatic carbocycles. The van der Waals surface area contributed by atoms with E-state index in [1.165, 1.54) is 22.8 Å². The third-order valence-corrected chi connectivity index (χ3v) is 3.94. The molecule has 1 saturated carbocycles. The van der Waals surface area contributed by atoms with E-state index in [0.717, 1.165) is 18.9 Å². The first-order valence-corrected chi connectivity index (χ1v) is 8.13. The zero-order chi connectivity index (χ0) is 19.0. The summed E-state index contributed by atoms with van der Waals surface area (Å²) < 4.78 is 20.3. The molecule has 9 nitrogen and oxygen atoms in total. The molecule has 136 valence electrons. The van der Waals surface area contributed by atoms with Gasteiger partial charge in [-0.05, 0) is 25.0 Å². The molecule has 4 N–H and O–H groups in total. The van der Waals surface area contributed by atoms with E-state index in [9.17, 15) is 14.4 Å². The van der Waals surface area contributed by atoms with E-state index in [0.29, 0.717) is 17.4 Å². The molecular formula is C17H14FN7O2. The molecule has 0 spiro atoms. The van der Waals surface area contributed by atoms with Gasteiger partial charge in [0.1, 0.15) is 17.6 Å². The van der Waals surface area contributed by atoms with Gasteiger partial charge in [-0.15, -0.1) is 5.10 Å². The normalized spacial score (nSPS) is 13.2. The van der Waals surface area contributed by atoms with Gasteiger partial charge in [0.15, 0.2) is 17.2 Å². The number of nitrogens with one attached hydrogen (secondary N) is 2. The van der Waals surface area contributed by atoms with Crippen LogP contribution < -0.4 is 21.1 Å². The number of primary amides is 1. The van der Waals surface area contributed by atoms with Crippen LogP contribution in [0.25, 0.3) is 5.65 Å². The Kier molecular flexibility index (Phi) is 3.97. The molecule has 2 aromatic heterocycles. The van der Waals surface area contributed by atoms with Crippen LogP contribution in [0.5, 0.6) is 5.75 Å². The molecule has 0 radical (unpaired) electrons. The van der Waals surface area contributed by atoms with Gasteiger partial charge in [-0.2, -0.15) is 9.78 Å². The monoisotopic (exact) mass is 367 g/mol. The molecule has 1 aliphatic rings. The Balaban J connectivity index is 1.73. The molecule has 1 aliphatic carbocycles. The summed E-state index contributed by atoms with van der Waals surface area (Å²) in [5, 5.41) is 19.7. The standard InChI is InChI=1S/C17H14FN7O2/c18-12-4-3-11(27-17(20)26)5-13(12)23-15-6-14(22-9-1-2-9)16-21-8-10(7-19)25(16)24-15/h3-6,8-9,22H,1-2H2,(H2,20,26)(H,23,24). The lowest BCUT2D eigenvalue weighted by Gasteiger charge is -2.12. The minimum atomic E-state index is -1.000. The van der Waals surface area contributed by atoms with Gasteiger partial charge in [0.25, 0.3) is 0 Å². The fourth-order valence-electron chi connectivity index (χ4n) is 2.58. The van der Waals surface area contributed by atoms with Crippen molar-refractivity contribution in [1.82, 2.24) is 14.6 Å². The number of hydrogen-bond acceptors (Lipinski definition) is 7. The third-order valence-electron chi connectivity index (χ3n) is 3.94. The molecule has 0 bridgehead atoms. The largest absolute Gasteiger partial charge is 0.410 e. The first-order valence-electron chi connectivity index (χ1n) is 8.13. The predicted octanol–water partition coefficient (Wildman–Crippen LogP) is 2.52. The van der Waals surface area contributed by atoms with Gasteiger partial charge in [0.2, 0.25) is 0 Å². The molecule has 0 aliphatic heterocycles. The summed E-state index contributed by atoms with van der Waals surface area (Å²) in [4.78, 5) is 15.1. The van der Waals surface area contributed by atoms with Crippen LogP contribution in [0.4, 0.5) is 26.4 Å². The zero-order valence-electron chi connectivity index (χ0n) is 13.9. The third kappa shape index (κ3) is 3.43. The number of halogens is 1. The van der Waals surface area contributed by atoms with Crippen LogP contribution in [0.15, 0.2) is 30.5 Å². The number of aromatic nitrogens is 3. The van der Waals surface area contributed by atoms with Crippen LogP contribution in [0, 0.1) is 17.1 Å². The molecule has 27 heavy (non-hydrogen) atoms. The van der Waals surface area contributed by atoms with Crippen molar-refractivity contribution in [3.05, 3.63) is 42.0 Å². The number of nitrogens with zero attached hydrogens (tertiary/aromatic N) is 4. The van der Waals surface area contributed by atoms with Crippen LogP contribution in [-0.4, -0.2) is 26.7 Å². The highest BCUT2D eigenvalue weighted by Gasteiger charge is 2.23. The number of anilines is 3. The molecule has 0 saturated heterocycles. The smallest absolute Gasteiger partial charge is 0.409 e. The SMILES string of the molecule is N#Cc1cnc2c(NC3CC3)cc(Nc3cc(OC(N)=O)ccc3F)nn12. The van der Waals surface area contributed by atoms with E-state index >= 15 is 0 Å². The molecule has 0 atom stereocenters. The summed E-state index contributed by atoms with van der Waals surface area (Å²) >= 11 is 0. The lowest BCUT2D eigenvalue weighted by molar-refractivity contribution is 0.211. The van der Waals surface area contributed by atoms with Crippen molar-refractivity contribution in [3.63, 3.8) is 0 Å². The molecule has 0 unspecified atom stereocenters. The van der Waals surface area contributed by atoms with Crippen LogP contribution >= 0.6 is 0 Å². The quantitative estimate of drug-likeness (QED) is 0.631. The first-order chi connectivity index (χ1) is 13.0. The second-order valence-electron chi connectivity index (χ2n) is 6.04. The molecule has 3 aromatic rings. The van der Waals surface area contributed by atoms with Gasteiger partial charge < -0.3 is 21.1 Å². The van der Waals surface area contributed by atoms with Crippen molar-refractivity contribution in [2.75, 3.05) is 10.6 Å².